The summed E-state index contributed by atoms with van der Waals surface area (Å²) >= 11 is 4.87. The molecule has 1 aliphatic rings. The lowest BCUT2D eigenvalue weighted by molar-refractivity contribution is 0.548. The fourth-order valence-corrected chi connectivity index (χ4v) is 2.80. The quantitative estimate of drug-likeness (QED) is 0.875. The standard InChI is InChI=1S/C13H15N3O2S/c1-2-6-16-10-5-3-4-8(10)7-9(12(16)17)11-14-15-13(19)18-11/h7H,2-6H2,1H3,(H,15,19). The molecule has 0 amide bonds. The molecule has 0 aliphatic heterocycles. The minimum Gasteiger partial charge on any atom is -0.409 e. The summed E-state index contributed by atoms with van der Waals surface area (Å²) in [6.07, 6.45) is 4.03. The molecular weight excluding hydrogens is 262 g/mol. The average Bonchev–Trinajstić information content (AvgIpc) is 3.01. The Balaban J connectivity index is 2.24. The monoisotopic (exact) mass is 277 g/mol. The molecule has 6 heteroatoms. The summed E-state index contributed by atoms with van der Waals surface area (Å²) in [7, 11) is 0. The van der Waals surface area contributed by atoms with Crippen molar-refractivity contribution >= 4 is 12.2 Å². The van der Waals surface area contributed by atoms with Gasteiger partial charge in [-0.3, -0.25) is 4.79 Å². The third-order valence-corrected chi connectivity index (χ3v) is 3.64. The first kappa shape index (κ1) is 12.3. The van der Waals surface area contributed by atoms with Crippen molar-refractivity contribution in [1.29, 1.82) is 0 Å². The zero-order valence-corrected chi connectivity index (χ0v) is 11.5. The van der Waals surface area contributed by atoms with E-state index >= 15 is 0 Å². The van der Waals surface area contributed by atoms with Crippen molar-refractivity contribution in [2.24, 2.45) is 0 Å². The molecule has 3 rings (SSSR count). The van der Waals surface area contributed by atoms with Gasteiger partial charge in [0.05, 0.1) is 0 Å². The minimum absolute atomic E-state index is 0.0345. The van der Waals surface area contributed by atoms with Crippen molar-refractivity contribution in [3.05, 3.63) is 32.5 Å². The van der Waals surface area contributed by atoms with E-state index in [0.29, 0.717) is 5.56 Å². The van der Waals surface area contributed by atoms with Gasteiger partial charge in [0.25, 0.3) is 16.3 Å². The Bertz CT molecular complexity index is 726. The molecule has 0 bridgehead atoms. The Labute approximate surface area is 115 Å². The molecule has 19 heavy (non-hydrogen) atoms. The van der Waals surface area contributed by atoms with E-state index in [1.807, 2.05) is 10.6 Å². The van der Waals surface area contributed by atoms with Crippen LogP contribution in [0.5, 0.6) is 0 Å². The van der Waals surface area contributed by atoms with Gasteiger partial charge in [0.2, 0.25) is 0 Å². The number of nitrogens with zero attached hydrogens (tertiary/aromatic N) is 2. The van der Waals surface area contributed by atoms with E-state index in [1.165, 1.54) is 11.3 Å². The van der Waals surface area contributed by atoms with Gasteiger partial charge in [-0.2, -0.15) is 0 Å². The van der Waals surface area contributed by atoms with Crippen LogP contribution in [0.1, 0.15) is 31.0 Å². The number of aryl methyl sites for hydroxylation is 1. The molecule has 0 atom stereocenters. The first-order chi connectivity index (χ1) is 9.20. The molecule has 2 heterocycles. The summed E-state index contributed by atoms with van der Waals surface area (Å²) in [4.78, 5) is 12.7. The summed E-state index contributed by atoms with van der Waals surface area (Å²) in [6.45, 7) is 2.81. The van der Waals surface area contributed by atoms with Crippen LogP contribution in [0.2, 0.25) is 0 Å². The topological polar surface area (TPSA) is 63.8 Å². The van der Waals surface area contributed by atoms with E-state index in [4.69, 9.17) is 16.6 Å². The van der Waals surface area contributed by atoms with Crippen molar-refractivity contribution in [2.75, 3.05) is 0 Å². The highest BCUT2D eigenvalue weighted by Crippen LogP contribution is 2.24. The number of rotatable bonds is 3. The van der Waals surface area contributed by atoms with Gasteiger partial charge in [0, 0.05) is 12.2 Å². The van der Waals surface area contributed by atoms with Gasteiger partial charge >= 0.3 is 0 Å². The highest BCUT2D eigenvalue weighted by Gasteiger charge is 2.21. The molecule has 0 fully saturated rings. The Kier molecular flexibility index (Phi) is 3.10. The van der Waals surface area contributed by atoms with Crippen LogP contribution >= 0.6 is 12.2 Å². The SMILES string of the molecule is CCCn1c2c(cc(-c3n[nH]c(=S)o3)c1=O)CCC2. The summed E-state index contributed by atoms with van der Waals surface area (Å²) < 4.78 is 7.14. The van der Waals surface area contributed by atoms with Gasteiger partial charge in [0.1, 0.15) is 5.56 Å². The van der Waals surface area contributed by atoms with Gasteiger partial charge in [-0.25, -0.2) is 5.10 Å². The molecule has 2 aromatic rings. The maximum absolute atomic E-state index is 12.5. The van der Waals surface area contributed by atoms with E-state index in [-0.39, 0.29) is 16.3 Å². The Morgan fingerprint density at radius 1 is 1.53 bits per heavy atom. The first-order valence-corrected chi connectivity index (χ1v) is 6.93. The number of hydrogen-bond acceptors (Lipinski definition) is 4. The summed E-state index contributed by atoms with van der Waals surface area (Å²) in [6, 6.07) is 1.91. The molecule has 0 unspecified atom stereocenters. The van der Waals surface area contributed by atoms with Gasteiger partial charge in [-0.1, -0.05) is 6.92 Å². The van der Waals surface area contributed by atoms with E-state index in [0.717, 1.165) is 32.2 Å². The Morgan fingerprint density at radius 2 is 2.37 bits per heavy atom. The highest BCUT2D eigenvalue weighted by atomic mass is 32.1. The molecule has 1 N–H and O–H groups in total. The molecule has 2 aromatic heterocycles. The second-order valence-electron chi connectivity index (χ2n) is 4.76. The molecule has 0 radical (unpaired) electrons. The van der Waals surface area contributed by atoms with Crippen molar-refractivity contribution in [3.63, 3.8) is 0 Å². The molecule has 5 nitrogen and oxygen atoms in total. The van der Waals surface area contributed by atoms with Gasteiger partial charge in [-0.15, -0.1) is 5.10 Å². The van der Waals surface area contributed by atoms with E-state index < -0.39 is 0 Å². The second kappa shape index (κ2) is 4.77. The van der Waals surface area contributed by atoms with Gasteiger partial charge in [-0.05, 0) is 49.5 Å². The van der Waals surface area contributed by atoms with E-state index in [2.05, 4.69) is 17.1 Å². The minimum atomic E-state index is -0.0345. The number of H-pyrrole nitrogens is 1. The second-order valence-corrected chi connectivity index (χ2v) is 5.13. The molecule has 0 aromatic carbocycles. The van der Waals surface area contributed by atoms with Crippen LogP contribution in [-0.4, -0.2) is 14.8 Å². The lowest BCUT2D eigenvalue weighted by Gasteiger charge is -2.12. The normalized spacial score (nSPS) is 13.7. The van der Waals surface area contributed by atoms with Crippen LogP contribution < -0.4 is 5.56 Å². The Hall–Kier alpha value is -1.69. The zero-order chi connectivity index (χ0) is 13.4. The van der Waals surface area contributed by atoms with Crippen LogP contribution in [0, 0.1) is 4.84 Å². The maximum Gasteiger partial charge on any atom is 0.284 e. The third kappa shape index (κ3) is 2.06. The van der Waals surface area contributed by atoms with Crippen LogP contribution in [0.3, 0.4) is 0 Å². The summed E-state index contributed by atoms with van der Waals surface area (Å²) in [5.41, 5.74) is 2.87. The number of nitrogens with one attached hydrogen (secondary N) is 1. The van der Waals surface area contributed by atoms with Crippen molar-refractivity contribution < 1.29 is 4.42 Å². The van der Waals surface area contributed by atoms with Crippen LogP contribution in [0.25, 0.3) is 11.5 Å². The zero-order valence-electron chi connectivity index (χ0n) is 10.7. The van der Waals surface area contributed by atoms with Crippen LogP contribution in [0.15, 0.2) is 15.3 Å². The number of fused-ring (bicyclic) bond motifs is 1. The van der Waals surface area contributed by atoms with Crippen molar-refractivity contribution in [1.82, 2.24) is 14.8 Å². The summed E-state index contributed by atoms with van der Waals surface area (Å²) in [5, 5.41) is 6.53. The number of hydrogen-bond donors (Lipinski definition) is 1. The lowest BCUT2D eigenvalue weighted by atomic mass is 10.1. The smallest absolute Gasteiger partial charge is 0.284 e. The Morgan fingerprint density at radius 3 is 3.05 bits per heavy atom. The number of aromatic amines is 1. The maximum atomic E-state index is 12.5. The van der Waals surface area contributed by atoms with Crippen LogP contribution in [-0.2, 0) is 19.4 Å². The van der Waals surface area contributed by atoms with Gasteiger partial charge in [0.15, 0.2) is 0 Å². The highest BCUT2D eigenvalue weighted by molar-refractivity contribution is 7.71. The molecule has 0 saturated carbocycles. The number of aromatic nitrogens is 3. The third-order valence-electron chi connectivity index (χ3n) is 3.47. The predicted molar refractivity (Wildman–Crippen MR) is 73.7 cm³/mol. The van der Waals surface area contributed by atoms with Crippen molar-refractivity contribution in [2.45, 2.75) is 39.2 Å². The van der Waals surface area contributed by atoms with E-state index in [9.17, 15) is 4.79 Å². The predicted octanol–water partition coefficient (Wildman–Crippen LogP) is 2.46. The van der Waals surface area contributed by atoms with Crippen molar-refractivity contribution in [3.8, 4) is 11.5 Å². The summed E-state index contributed by atoms with van der Waals surface area (Å²) in [5.74, 6) is 0.287. The first-order valence-electron chi connectivity index (χ1n) is 6.52. The largest absolute Gasteiger partial charge is 0.409 e. The fourth-order valence-electron chi connectivity index (χ4n) is 2.68. The molecule has 100 valence electrons. The average molecular weight is 277 g/mol. The molecular formula is C13H15N3O2S. The van der Waals surface area contributed by atoms with E-state index in [1.54, 1.807) is 0 Å². The molecule has 0 spiro atoms. The molecule has 0 saturated heterocycles. The number of pyridine rings is 1. The van der Waals surface area contributed by atoms with Gasteiger partial charge < -0.3 is 8.98 Å². The van der Waals surface area contributed by atoms with Crippen LogP contribution in [0.4, 0.5) is 0 Å². The molecule has 1 aliphatic carbocycles. The fraction of sp³-hybridized carbons (Fsp3) is 0.462. The lowest BCUT2D eigenvalue weighted by Crippen LogP contribution is -2.25.